The Morgan fingerprint density at radius 3 is 2.96 bits per heavy atom. The third-order valence-corrected chi connectivity index (χ3v) is 4.87. The molecule has 128 valence electrons. The molecule has 2 saturated heterocycles. The van der Waals surface area contributed by atoms with Crippen LogP contribution in [0, 0.1) is 0 Å². The van der Waals surface area contributed by atoms with Crippen LogP contribution in [-0.4, -0.2) is 59.9 Å². The molecule has 3 heterocycles. The van der Waals surface area contributed by atoms with Crippen LogP contribution in [0.5, 0.6) is 0 Å². The minimum atomic E-state index is -0.0498. The van der Waals surface area contributed by atoms with Crippen LogP contribution in [0.4, 0.5) is 0 Å². The predicted molar refractivity (Wildman–Crippen MR) is 90.6 cm³/mol. The Morgan fingerprint density at radius 1 is 1.30 bits per heavy atom. The van der Waals surface area contributed by atoms with Crippen molar-refractivity contribution < 1.29 is 4.79 Å². The molecule has 1 unspecified atom stereocenters. The van der Waals surface area contributed by atoms with Crippen molar-refractivity contribution in [1.82, 2.24) is 25.3 Å². The van der Waals surface area contributed by atoms with Crippen molar-refractivity contribution in [2.75, 3.05) is 39.3 Å². The number of rotatable bonds is 6. The Hall–Kier alpha value is -1.40. The number of aromatic nitrogens is 2. The number of likely N-dealkylation sites (tertiary alicyclic amines) is 1. The molecule has 0 saturated carbocycles. The number of amides is 1. The van der Waals surface area contributed by atoms with E-state index in [1.165, 1.54) is 38.8 Å². The Morgan fingerprint density at radius 2 is 2.17 bits per heavy atom. The molecule has 23 heavy (non-hydrogen) atoms. The molecule has 0 bridgehead atoms. The van der Waals surface area contributed by atoms with Crippen LogP contribution in [0.15, 0.2) is 12.3 Å². The molecule has 1 atom stereocenters. The maximum Gasteiger partial charge on any atom is 0.271 e. The summed E-state index contributed by atoms with van der Waals surface area (Å²) in [5, 5.41) is 10.8. The summed E-state index contributed by atoms with van der Waals surface area (Å²) in [5.74, 6) is -0.0498. The van der Waals surface area contributed by atoms with Crippen molar-refractivity contribution in [1.29, 1.82) is 0 Å². The predicted octanol–water partition coefficient (Wildman–Crippen LogP) is 1.41. The largest absolute Gasteiger partial charge is 0.351 e. The molecule has 1 aromatic rings. The minimum Gasteiger partial charge on any atom is -0.351 e. The van der Waals surface area contributed by atoms with Gasteiger partial charge in [-0.15, -0.1) is 0 Å². The van der Waals surface area contributed by atoms with E-state index in [1.807, 2.05) is 16.9 Å². The molecule has 1 amide bonds. The molecule has 6 nitrogen and oxygen atoms in total. The van der Waals surface area contributed by atoms with Crippen LogP contribution in [0.1, 0.15) is 55.1 Å². The highest BCUT2D eigenvalue weighted by atomic mass is 16.1. The average Bonchev–Trinajstić information content (AvgIpc) is 3.10. The second kappa shape index (κ2) is 8.45. The third kappa shape index (κ3) is 4.78. The second-order valence-corrected chi connectivity index (χ2v) is 6.69. The fourth-order valence-electron chi connectivity index (χ4n) is 3.50. The first kappa shape index (κ1) is 16.5. The van der Waals surface area contributed by atoms with Gasteiger partial charge in [0.2, 0.25) is 0 Å². The van der Waals surface area contributed by atoms with Gasteiger partial charge in [-0.3, -0.25) is 9.48 Å². The summed E-state index contributed by atoms with van der Waals surface area (Å²) < 4.78 is 1.94. The van der Waals surface area contributed by atoms with Crippen LogP contribution in [-0.2, 0) is 0 Å². The molecule has 1 aromatic heterocycles. The van der Waals surface area contributed by atoms with Gasteiger partial charge in [0.1, 0.15) is 5.69 Å². The lowest BCUT2D eigenvalue weighted by molar-refractivity contribution is 0.0944. The topological polar surface area (TPSA) is 62.2 Å². The maximum atomic E-state index is 12.2. The summed E-state index contributed by atoms with van der Waals surface area (Å²) in [5.41, 5.74) is 0.536. The van der Waals surface area contributed by atoms with Gasteiger partial charge in [-0.2, -0.15) is 5.10 Å². The highest BCUT2D eigenvalue weighted by Crippen LogP contribution is 2.15. The molecular weight excluding hydrogens is 290 g/mol. The molecule has 2 aliphatic rings. The normalized spacial score (nSPS) is 22.9. The zero-order chi connectivity index (χ0) is 15.9. The lowest BCUT2D eigenvalue weighted by Gasteiger charge is -2.26. The van der Waals surface area contributed by atoms with Crippen LogP contribution in [0.3, 0.4) is 0 Å². The van der Waals surface area contributed by atoms with Gasteiger partial charge in [0.25, 0.3) is 5.91 Å². The van der Waals surface area contributed by atoms with Crippen LogP contribution in [0.2, 0.25) is 0 Å². The van der Waals surface area contributed by atoms with Crippen molar-refractivity contribution in [2.24, 2.45) is 0 Å². The molecular formula is C17H29N5O. The van der Waals surface area contributed by atoms with E-state index in [0.29, 0.717) is 11.7 Å². The maximum absolute atomic E-state index is 12.2. The summed E-state index contributed by atoms with van der Waals surface area (Å²) in [7, 11) is 0. The number of piperidine rings is 2. The van der Waals surface area contributed by atoms with E-state index in [-0.39, 0.29) is 5.91 Å². The van der Waals surface area contributed by atoms with E-state index < -0.39 is 0 Å². The molecule has 2 N–H and O–H groups in total. The van der Waals surface area contributed by atoms with Crippen molar-refractivity contribution in [3.05, 3.63) is 18.0 Å². The zero-order valence-corrected chi connectivity index (χ0v) is 14.0. The molecule has 0 aliphatic carbocycles. The Balaban J connectivity index is 1.38. The summed E-state index contributed by atoms with van der Waals surface area (Å²) in [6.45, 7) is 6.28. The quantitative estimate of drug-likeness (QED) is 0.779. The first-order valence-electron chi connectivity index (χ1n) is 9.09. The standard InChI is InChI=1S/C17H29N5O/c23-17(19-9-5-12-21-10-2-1-3-11-21)16-7-13-22(20-16)15-6-4-8-18-14-15/h7,13,15,18H,1-6,8-12,14H2,(H,19,23). The van der Waals surface area contributed by atoms with Crippen molar-refractivity contribution in [3.8, 4) is 0 Å². The van der Waals surface area contributed by atoms with E-state index in [0.717, 1.165) is 39.0 Å². The third-order valence-electron chi connectivity index (χ3n) is 4.87. The fraction of sp³-hybridized carbons (Fsp3) is 0.765. The second-order valence-electron chi connectivity index (χ2n) is 6.69. The van der Waals surface area contributed by atoms with E-state index in [2.05, 4.69) is 20.6 Å². The highest BCUT2D eigenvalue weighted by molar-refractivity contribution is 5.92. The number of hydrogen-bond donors (Lipinski definition) is 2. The van der Waals surface area contributed by atoms with Gasteiger partial charge in [-0.25, -0.2) is 0 Å². The Labute approximate surface area is 138 Å². The molecule has 0 spiro atoms. The van der Waals surface area contributed by atoms with Gasteiger partial charge in [0.15, 0.2) is 0 Å². The van der Waals surface area contributed by atoms with Crippen molar-refractivity contribution in [3.63, 3.8) is 0 Å². The fourth-order valence-corrected chi connectivity index (χ4v) is 3.50. The van der Waals surface area contributed by atoms with Gasteiger partial charge < -0.3 is 15.5 Å². The van der Waals surface area contributed by atoms with Crippen LogP contribution < -0.4 is 10.6 Å². The smallest absolute Gasteiger partial charge is 0.271 e. The van der Waals surface area contributed by atoms with Crippen LogP contribution >= 0.6 is 0 Å². The SMILES string of the molecule is O=C(NCCCN1CCCCC1)c1ccn(C2CCCNC2)n1. The molecule has 0 radical (unpaired) electrons. The number of nitrogens with one attached hydrogen (secondary N) is 2. The Kier molecular flexibility index (Phi) is 6.05. The lowest BCUT2D eigenvalue weighted by Crippen LogP contribution is -2.33. The van der Waals surface area contributed by atoms with Gasteiger partial charge in [-0.05, 0) is 64.3 Å². The first-order valence-corrected chi connectivity index (χ1v) is 9.09. The summed E-state index contributed by atoms with van der Waals surface area (Å²) in [4.78, 5) is 14.7. The highest BCUT2D eigenvalue weighted by Gasteiger charge is 2.17. The summed E-state index contributed by atoms with van der Waals surface area (Å²) in [6, 6.07) is 2.21. The number of carbonyl (C=O) groups excluding carboxylic acids is 1. The number of carbonyl (C=O) groups is 1. The number of hydrogen-bond acceptors (Lipinski definition) is 4. The summed E-state index contributed by atoms with van der Waals surface area (Å²) in [6.07, 6.45) is 9.25. The van der Waals surface area contributed by atoms with Gasteiger partial charge in [0, 0.05) is 19.3 Å². The lowest BCUT2D eigenvalue weighted by atomic mass is 10.1. The van der Waals surface area contributed by atoms with Gasteiger partial charge in [-0.1, -0.05) is 6.42 Å². The molecule has 2 fully saturated rings. The van der Waals surface area contributed by atoms with E-state index in [4.69, 9.17) is 0 Å². The molecule has 6 heteroatoms. The average molecular weight is 319 g/mol. The summed E-state index contributed by atoms with van der Waals surface area (Å²) >= 11 is 0. The van der Waals surface area contributed by atoms with E-state index in [1.54, 1.807) is 0 Å². The monoisotopic (exact) mass is 319 g/mol. The number of nitrogens with zero attached hydrogens (tertiary/aromatic N) is 3. The van der Waals surface area contributed by atoms with Gasteiger partial charge in [0.05, 0.1) is 6.04 Å². The molecule has 0 aromatic carbocycles. The Bertz CT molecular complexity index is 489. The molecule has 3 rings (SSSR count). The van der Waals surface area contributed by atoms with Crippen molar-refractivity contribution in [2.45, 2.75) is 44.6 Å². The van der Waals surface area contributed by atoms with Crippen molar-refractivity contribution >= 4 is 5.91 Å². The minimum absolute atomic E-state index is 0.0498. The zero-order valence-electron chi connectivity index (χ0n) is 14.0. The van der Waals surface area contributed by atoms with Gasteiger partial charge >= 0.3 is 0 Å². The van der Waals surface area contributed by atoms with E-state index >= 15 is 0 Å². The molecule has 2 aliphatic heterocycles. The van der Waals surface area contributed by atoms with E-state index in [9.17, 15) is 4.79 Å². The van der Waals surface area contributed by atoms with Crippen LogP contribution in [0.25, 0.3) is 0 Å². The first-order chi connectivity index (χ1) is 11.3.